The van der Waals surface area contributed by atoms with Gasteiger partial charge in [0.2, 0.25) is 11.8 Å². The van der Waals surface area contributed by atoms with Gasteiger partial charge in [0.15, 0.2) is 0 Å². The smallest absolute Gasteiger partial charge is 0.277 e. The fraction of sp³-hybridized carbons (Fsp3) is 0.500. The molecule has 5 heteroatoms. The van der Waals surface area contributed by atoms with E-state index in [2.05, 4.69) is 16.6 Å². The fourth-order valence-corrected chi connectivity index (χ4v) is 1.61. The van der Waals surface area contributed by atoms with Gasteiger partial charge in [0, 0.05) is 6.42 Å². The molecule has 1 heterocycles. The normalized spacial score (nSPS) is 19.5. The highest BCUT2D eigenvalue weighted by molar-refractivity contribution is 6.19. The molecule has 15 heavy (non-hydrogen) atoms. The second-order valence-corrected chi connectivity index (χ2v) is 3.74. The van der Waals surface area contributed by atoms with Crippen molar-refractivity contribution in [2.75, 3.05) is 0 Å². The van der Waals surface area contributed by atoms with Crippen LogP contribution in [0.2, 0.25) is 0 Å². The molecule has 0 aliphatic carbocycles. The van der Waals surface area contributed by atoms with Gasteiger partial charge in [-0.3, -0.25) is 20.2 Å². The van der Waals surface area contributed by atoms with Gasteiger partial charge in [-0.2, -0.15) is 0 Å². The highest BCUT2D eigenvalue weighted by atomic mass is 16.2. The molecule has 0 unspecified atom stereocenters. The Morgan fingerprint density at radius 1 is 1.27 bits per heavy atom. The quantitative estimate of drug-likeness (QED) is 0.496. The minimum atomic E-state index is -1.33. The van der Waals surface area contributed by atoms with Crippen LogP contribution in [0, 0.1) is 23.7 Å². The lowest BCUT2D eigenvalue weighted by Crippen LogP contribution is -2.64. The van der Waals surface area contributed by atoms with E-state index in [9.17, 15) is 14.4 Å². The Kier molecular flexibility index (Phi) is 2.80. The Balaban J connectivity index is 3.16. The maximum Gasteiger partial charge on any atom is 0.328 e. The summed E-state index contributed by atoms with van der Waals surface area (Å²) in [5.41, 5.74) is -1.33. The highest BCUT2D eigenvalue weighted by Gasteiger charge is 2.51. The second kappa shape index (κ2) is 3.73. The summed E-state index contributed by atoms with van der Waals surface area (Å²) in [6.45, 7) is 3.43. The van der Waals surface area contributed by atoms with Crippen molar-refractivity contribution < 1.29 is 14.4 Å². The van der Waals surface area contributed by atoms with Gasteiger partial charge in [0.1, 0.15) is 5.41 Å². The van der Waals surface area contributed by atoms with Gasteiger partial charge in [-0.25, -0.2) is 4.79 Å². The Labute approximate surface area is 87.6 Å². The van der Waals surface area contributed by atoms with Crippen molar-refractivity contribution in [3.05, 3.63) is 0 Å². The molecule has 0 aromatic carbocycles. The van der Waals surface area contributed by atoms with E-state index in [0.29, 0.717) is 0 Å². The van der Waals surface area contributed by atoms with Crippen LogP contribution in [-0.2, 0) is 9.59 Å². The van der Waals surface area contributed by atoms with Crippen LogP contribution in [0.3, 0.4) is 0 Å². The van der Waals surface area contributed by atoms with Crippen molar-refractivity contribution >= 4 is 17.8 Å². The van der Waals surface area contributed by atoms with Crippen molar-refractivity contribution in [3.8, 4) is 12.3 Å². The zero-order valence-corrected chi connectivity index (χ0v) is 8.59. The average molecular weight is 208 g/mol. The Morgan fingerprint density at radius 2 is 1.73 bits per heavy atom. The van der Waals surface area contributed by atoms with Crippen molar-refractivity contribution in [1.29, 1.82) is 0 Å². The van der Waals surface area contributed by atoms with Crippen LogP contribution in [0.25, 0.3) is 0 Å². The molecule has 80 valence electrons. The van der Waals surface area contributed by atoms with E-state index in [0.717, 1.165) is 0 Å². The van der Waals surface area contributed by atoms with Crippen molar-refractivity contribution in [2.45, 2.75) is 20.3 Å². The molecule has 0 aromatic heterocycles. The van der Waals surface area contributed by atoms with E-state index in [-0.39, 0.29) is 12.3 Å². The molecule has 1 aliphatic heterocycles. The van der Waals surface area contributed by atoms with Gasteiger partial charge in [-0.1, -0.05) is 13.8 Å². The molecule has 0 spiro atoms. The first-order valence-electron chi connectivity index (χ1n) is 4.55. The molecule has 1 rings (SSSR count). The number of hydrogen-bond acceptors (Lipinski definition) is 3. The largest absolute Gasteiger partial charge is 0.328 e. The predicted octanol–water partition coefficient (Wildman–Crippen LogP) is 0.0181. The van der Waals surface area contributed by atoms with Crippen LogP contribution in [0.4, 0.5) is 4.79 Å². The van der Waals surface area contributed by atoms with Gasteiger partial charge in [0.05, 0.1) is 0 Å². The summed E-state index contributed by atoms with van der Waals surface area (Å²) >= 11 is 0. The fourth-order valence-electron chi connectivity index (χ4n) is 1.61. The van der Waals surface area contributed by atoms with E-state index in [1.807, 2.05) is 0 Å². The van der Waals surface area contributed by atoms with E-state index in [1.54, 1.807) is 13.8 Å². The summed E-state index contributed by atoms with van der Waals surface area (Å²) in [6.07, 6.45) is 5.13. The summed E-state index contributed by atoms with van der Waals surface area (Å²) < 4.78 is 0. The highest BCUT2D eigenvalue weighted by Crippen LogP contribution is 2.33. The van der Waals surface area contributed by atoms with Crippen LogP contribution < -0.4 is 10.6 Å². The van der Waals surface area contributed by atoms with E-state index >= 15 is 0 Å². The molecule has 0 aromatic rings. The maximum atomic E-state index is 11.7. The van der Waals surface area contributed by atoms with E-state index in [1.165, 1.54) is 0 Å². The number of carbonyl (C=O) groups excluding carboxylic acids is 3. The lowest BCUT2D eigenvalue weighted by Gasteiger charge is -2.35. The Morgan fingerprint density at radius 3 is 2.07 bits per heavy atom. The summed E-state index contributed by atoms with van der Waals surface area (Å²) in [4.78, 5) is 34.2. The van der Waals surface area contributed by atoms with Gasteiger partial charge in [-0.05, 0) is 5.92 Å². The standard InChI is InChI=1S/C10H12N2O3/c1-4-5-10(6(2)3)7(13)11-9(15)12-8(10)14/h1,6H,5H2,2-3H3,(H2,11,12,13,14,15). The molecular weight excluding hydrogens is 196 g/mol. The molecule has 0 radical (unpaired) electrons. The number of urea groups is 1. The van der Waals surface area contributed by atoms with Crippen molar-refractivity contribution in [2.24, 2.45) is 11.3 Å². The Bertz CT molecular complexity index is 345. The topological polar surface area (TPSA) is 75.3 Å². The molecule has 5 nitrogen and oxygen atoms in total. The Hall–Kier alpha value is -1.83. The molecular formula is C10H12N2O3. The van der Waals surface area contributed by atoms with Crippen LogP contribution in [0.1, 0.15) is 20.3 Å². The lowest BCUT2D eigenvalue weighted by atomic mass is 9.72. The maximum absolute atomic E-state index is 11.7. The molecule has 1 fully saturated rings. The summed E-state index contributed by atoms with van der Waals surface area (Å²) in [7, 11) is 0. The van der Waals surface area contributed by atoms with E-state index in [4.69, 9.17) is 6.42 Å². The van der Waals surface area contributed by atoms with Crippen LogP contribution in [-0.4, -0.2) is 17.8 Å². The third kappa shape index (κ3) is 1.59. The number of rotatable bonds is 2. The third-order valence-corrected chi connectivity index (χ3v) is 2.63. The number of terminal acetylenes is 1. The molecule has 4 amide bonds. The van der Waals surface area contributed by atoms with Crippen LogP contribution in [0.15, 0.2) is 0 Å². The first kappa shape index (κ1) is 11.2. The molecule has 1 aliphatic rings. The SMILES string of the molecule is C#CCC1(C(C)C)C(=O)NC(=O)NC1=O. The van der Waals surface area contributed by atoms with Crippen LogP contribution >= 0.6 is 0 Å². The van der Waals surface area contributed by atoms with E-state index < -0.39 is 23.3 Å². The molecule has 0 saturated carbocycles. The molecule has 1 saturated heterocycles. The van der Waals surface area contributed by atoms with Gasteiger partial charge in [0.25, 0.3) is 0 Å². The number of barbiturate groups is 1. The lowest BCUT2D eigenvalue weighted by molar-refractivity contribution is -0.147. The first-order chi connectivity index (χ1) is 6.95. The molecule has 2 N–H and O–H groups in total. The second-order valence-electron chi connectivity index (χ2n) is 3.74. The van der Waals surface area contributed by atoms with Gasteiger partial charge >= 0.3 is 6.03 Å². The summed E-state index contributed by atoms with van der Waals surface area (Å²) in [6, 6.07) is -0.793. The van der Waals surface area contributed by atoms with Gasteiger partial charge in [-0.15, -0.1) is 12.3 Å². The summed E-state index contributed by atoms with van der Waals surface area (Å²) in [5.74, 6) is 0.784. The molecule has 0 bridgehead atoms. The zero-order chi connectivity index (χ0) is 11.6. The number of amides is 4. The minimum Gasteiger partial charge on any atom is -0.277 e. The monoisotopic (exact) mass is 208 g/mol. The molecule has 0 atom stereocenters. The zero-order valence-electron chi connectivity index (χ0n) is 8.59. The van der Waals surface area contributed by atoms with Crippen LogP contribution in [0.5, 0.6) is 0 Å². The minimum absolute atomic E-state index is 0.0182. The summed E-state index contributed by atoms with van der Waals surface area (Å²) in [5, 5.41) is 4.12. The predicted molar refractivity (Wildman–Crippen MR) is 52.4 cm³/mol. The first-order valence-corrected chi connectivity index (χ1v) is 4.55. The number of imide groups is 2. The van der Waals surface area contributed by atoms with Crippen molar-refractivity contribution in [1.82, 2.24) is 10.6 Å². The number of carbonyl (C=O) groups is 3. The average Bonchev–Trinajstić information content (AvgIpc) is 2.10. The third-order valence-electron chi connectivity index (χ3n) is 2.63. The van der Waals surface area contributed by atoms with Gasteiger partial charge < -0.3 is 0 Å². The van der Waals surface area contributed by atoms with Crippen molar-refractivity contribution in [3.63, 3.8) is 0 Å². The number of nitrogens with one attached hydrogen (secondary N) is 2. The number of hydrogen-bond donors (Lipinski definition) is 2.